The van der Waals surface area contributed by atoms with Crippen molar-refractivity contribution in [3.63, 3.8) is 0 Å². The van der Waals surface area contributed by atoms with Gasteiger partial charge in [0.15, 0.2) is 0 Å². The predicted molar refractivity (Wildman–Crippen MR) is 99.1 cm³/mol. The molecule has 0 saturated heterocycles. The molecule has 0 radical (unpaired) electrons. The summed E-state index contributed by atoms with van der Waals surface area (Å²) in [6.07, 6.45) is 6.75. The van der Waals surface area contributed by atoms with Crippen LogP contribution in [0.2, 0.25) is 0 Å². The van der Waals surface area contributed by atoms with Crippen LogP contribution in [0.5, 0.6) is 5.75 Å². The van der Waals surface area contributed by atoms with Crippen molar-refractivity contribution >= 4 is 11.9 Å². The van der Waals surface area contributed by atoms with Gasteiger partial charge in [0.05, 0.1) is 12.5 Å². The van der Waals surface area contributed by atoms with Gasteiger partial charge in [-0.2, -0.15) is 0 Å². The van der Waals surface area contributed by atoms with E-state index < -0.39 is 5.97 Å². The number of benzene rings is 1. The van der Waals surface area contributed by atoms with Gasteiger partial charge in [-0.15, -0.1) is 0 Å². The molecule has 2 N–H and O–H groups in total. The first-order valence-corrected chi connectivity index (χ1v) is 9.66. The zero-order valence-electron chi connectivity index (χ0n) is 15.5. The maximum absolute atomic E-state index is 13.2. The van der Waals surface area contributed by atoms with Crippen LogP contribution >= 0.6 is 0 Å². The van der Waals surface area contributed by atoms with E-state index in [1.54, 1.807) is 7.11 Å². The molecule has 0 aromatic heterocycles. The van der Waals surface area contributed by atoms with Gasteiger partial charge in [-0.25, -0.2) is 0 Å². The lowest BCUT2D eigenvalue weighted by atomic mass is 9.68. The van der Waals surface area contributed by atoms with Crippen molar-refractivity contribution < 1.29 is 19.4 Å². The van der Waals surface area contributed by atoms with E-state index >= 15 is 0 Å². The Kier molecular flexibility index (Phi) is 5.84. The van der Waals surface area contributed by atoms with E-state index in [0.29, 0.717) is 31.2 Å². The summed E-state index contributed by atoms with van der Waals surface area (Å²) in [5.74, 6) is 1.33. The molecule has 0 heterocycles. The second kappa shape index (κ2) is 8.11. The van der Waals surface area contributed by atoms with Crippen LogP contribution in [-0.2, 0) is 16.0 Å². The number of unbranched alkanes of at least 4 members (excludes halogenated alkanes) is 1. The number of rotatable bonds is 9. The largest absolute Gasteiger partial charge is 0.497 e. The molecule has 2 aliphatic carbocycles. The lowest BCUT2D eigenvalue weighted by Gasteiger charge is -2.36. The van der Waals surface area contributed by atoms with Gasteiger partial charge in [0.25, 0.3) is 0 Å². The summed E-state index contributed by atoms with van der Waals surface area (Å²) in [6.45, 7) is 0.559. The molecule has 0 spiro atoms. The number of carbonyl (C=O) groups excluding carboxylic acids is 1. The molecule has 2 bridgehead atoms. The summed E-state index contributed by atoms with van der Waals surface area (Å²) >= 11 is 0. The number of carboxylic acid groups (broad SMARTS) is 1. The van der Waals surface area contributed by atoms with Gasteiger partial charge >= 0.3 is 5.97 Å². The number of nitrogens with one attached hydrogen (secondary N) is 1. The van der Waals surface area contributed by atoms with Crippen LogP contribution < -0.4 is 10.1 Å². The van der Waals surface area contributed by atoms with Crippen LogP contribution in [0.3, 0.4) is 0 Å². The molecule has 3 atom stereocenters. The minimum Gasteiger partial charge on any atom is -0.497 e. The Morgan fingerprint density at radius 3 is 2.81 bits per heavy atom. The average Bonchev–Trinajstić information content (AvgIpc) is 3.23. The highest BCUT2D eigenvalue weighted by atomic mass is 16.5. The van der Waals surface area contributed by atoms with Gasteiger partial charge in [0, 0.05) is 13.0 Å². The highest BCUT2D eigenvalue weighted by molar-refractivity contribution is 5.84. The van der Waals surface area contributed by atoms with Gasteiger partial charge < -0.3 is 15.2 Å². The number of methoxy groups -OCH3 is 1. The molecule has 1 aromatic carbocycles. The Morgan fingerprint density at radius 2 is 2.15 bits per heavy atom. The van der Waals surface area contributed by atoms with Gasteiger partial charge in [-0.3, -0.25) is 9.59 Å². The molecule has 5 heteroatoms. The number of aliphatic carboxylic acids is 1. The van der Waals surface area contributed by atoms with Crippen molar-refractivity contribution in [1.82, 2.24) is 5.32 Å². The maximum Gasteiger partial charge on any atom is 0.303 e. The van der Waals surface area contributed by atoms with Crippen molar-refractivity contribution in [2.75, 3.05) is 13.7 Å². The number of fused-ring (bicyclic) bond motifs is 2. The normalized spacial score (nSPS) is 26.7. The zero-order chi connectivity index (χ0) is 18.6. The summed E-state index contributed by atoms with van der Waals surface area (Å²) in [6, 6.07) is 8.03. The molecule has 142 valence electrons. The summed E-state index contributed by atoms with van der Waals surface area (Å²) in [7, 11) is 1.66. The van der Waals surface area contributed by atoms with Crippen molar-refractivity contribution in [2.24, 2.45) is 17.3 Å². The molecule has 2 fully saturated rings. The van der Waals surface area contributed by atoms with Crippen LogP contribution in [-0.4, -0.2) is 30.6 Å². The number of hydrogen-bond donors (Lipinski definition) is 2. The molecule has 0 aliphatic heterocycles. The Hall–Kier alpha value is -2.04. The fourth-order valence-electron chi connectivity index (χ4n) is 4.94. The van der Waals surface area contributed by atoms with E-state index in [-0.39, 0.29) is 17.7 Å². The van der Waals surface area contributed by atoms with E-state index in [4.69, 9.17) is 9.84 Å². The van der Waals surface area contributed by atoms with Crippen molar-refractivity contribution in [1.29, 1.82) is 0 Å². The van der Waals surface area contributed by atoms with Gasteiger partial charge in [-0.05, 0) is 68.1 Å². The molecule has 5 nitrogen and oxygen atoms in total. The molecule has 3 unspecified atom stereocenters. The van der Waals surface area contributed by atoms with Crippen LogP contribution in [0, 0.1) is 17.3 Å². The minimum atomic E-state index is -0.779. The number of carbonyl (C=O) groups is 2. The number of hydrogen-bond acceptors (Lipinski definition) is 3. The van der Waals surface area contributed by atoms with E-state index in [1.807, 2.05) is 18.2 Å². The molecule has 1 aromatic rings. The summed E-state index contributed by atoms with van der Waals surface area (Å²) < 4.78 is 5.34. The third-order valence-electron chi connectivity index (χ3n) is 6.18. The van der Waals surface area contributed by atoms with Gasteiger partial charge in [0.2, 0.25) is 5.91 Å². The van der Waals surface area contributed by atoms with Crippen molar-refractivity contribution in [3.05, 3.63) is 29.8 Å². The van der Waals surface area contributed by atoms with Crippen molar-refractivity contribution in [3.8, 4) is 5.75 Å². The Balaban J connectivity index is 1.67. The second-order valence-corrected chi connectivity index (χ2v) is 7.87. The minimum absolute atomic E-state index is 0.155. The fourth-order valence-corrected chi connectivity index (χ4v) is 4.94. The van der Waals surface area contributed by atoms with Crippen LogP contribution in [0.1, 0.15) is 50.5 Å². The first-order valence-electron chi connectivity index (χ1n) is 9.66. The smallest absolute Gasteiger partial charge is 0.303 e. The zero-order valence-corrected chi connectivity index (χ0v) is 15.5. The molecule has 1 amide bonds. The molecule has 2 aliphatic rings. The third-order valence-corrected chi connectivity index (χ3v) is 6.18. The standard InChI is InChI=1S/C21H29NO4/c1-26-18-6-4-5-15(12-18)13-21(14-16-8-9-17(21)11-16)20(25)22-10-3-2-7-19(23)24/h4-6,12,16-17H,2-3,7-11,13-14H2,1H3,(H,22,25)(H,23,24). The van der Waals surface area contributed by atoms with Gasteiger partial charge in [-0.1, -0.05) is 18.6 Å². The SMILES string of the molecule is COc1cccc(CC2(C(=O)NCCCCC(=O)O)CC3CCC2C3)c1. The topological polar surface area (TPSA) is 75.6 Å². The maximum atomic E-state index is 13.2. The van der Waals surface area contributed by atoms with Crippen LogP contribution in [0.25, 0.3) is 0 Å². The van der Waals surface area contributed by atoms with E-state index in [2.05, 4.69) is 11.4 Å². The first-order chi connectivity index (χ1) is 12.5. The van der Waals surface area contributed by atoms with E-state index in [1.165, 1.54) is 6.42 Å². The second-order valence-electron chi connectivity index (χ2n) is 7.87. The summed E-state index contributed by atoms with van der Waals surface area (Å²) in [5.41, 5.74) is 0.833. The van der Waals surface area contributed by atoms with E-state index in [0.717, 1.165) is 37.0 Å². The number of carboxylic acids is 1. The van der Waals surface area contributed by atoms with Crippen molar-refractivity contribution in [2.45, 2.75) is 51.4 Å². The summed E-state index contributed by atoms with van der Waals surface area (Å²) in [4.78, 5) is 23.8. The average molecular weight is 359 g/mol. The van der Waals surface area contributed by atoms with Gasteiger partial charge in [0.1, 0.15) is 5.75 Å². The lowest BCUT2D eigenvalue weighted by molar-refractivity contribution is -0.137. The monoisotopic (exact) mass is 359 g/mol. The molecule has 3 rings (SSSR count). The number of ether oxygens (including phenoxy) is 1. The molecular formula is C21H29NO4. The highest BCUT2D eigenvalue weighted by Crippen LogP contribution is 2.57. The Labute approximate surface area is 155 Å². The highest BCUT2D eigenvalue weighted by Gasteiger charge is 2.55. The molecule has 26 heavy (non-hydrogen) atoms. The third kappa shape index (κ3) is 4.02. The quantitative estimate of drug-likeness (QED) is 0.663. The lowest BCUT2D eigenvalue weighted by Crippen LogP contribution is -2.46. The predicted octanol–water partition coefficient (Wildman–Crippen LogP) is 3.42. The van der Waals surface area contributed by atoms with Crippen LogP contribution in [0.15, 0.2) is 24.3 Å². The Morgan fingerprint density at radius 1 is 1.31 bits per heavy atom. The molecule has 2 saturated carbocycles. The fraction of sp³-hybridized carbons (Fsp3) is 0.619. The van der Waals surface area contributed by atoms with E-state index in [9.17, 15) is 9.59 Å². The molecular weight excluding hydrogens is 330 g/mol. The summed E-state index contributed by atoms with van der Waals surface area (Å²) in [5, 5.41) is 11.8. The Bertz CT molecular complexity index is 659. The first kappa shape index (κ1) is 18.7. The van der Waals surface area contributed by atoms with Crippen LogP contribution in [0.4, 0.5) is 0 Å². The number of amides is 1.